The second kappa shape index (κ2) is 5.34. The predicted octanol–water partition coefficient (Wildman–Crippen LogP) is 2.22. The van der Waals surface area contributed by atoms with Crippen LogP contribution in [-0.2, 0) is 0 Å². The van der Waals surface area contributed by atoms with Crippen LogP contribution < -0.4 is 0 Å². The lowest BCUT2D eigenvalue weighted by atomic mass is 10.2. The number of aliphatic hydroxyl groups is 1. The molecular weight excluding hydrogens is 269 g/mol. The van der Waals surface area contributed by atoms with Crippen LogP contribution in [0, 0.1) is 0 Å². The van der Waals surface area contributed by atoms with Gasteiger partial charge in [0.25, 0.3) is 0 Å². The Labute approximate surface area is 95.2 Å². The molecule has 0 aromatic heterocycles. The summed E-state index contributed by atoms with van der Waals surface area (Å²) in [4.78, 5) is 3.89. The first-order valence-electron chi connectivity index (χ1n) is 3.94. The fourth-order valence-corrected chi connectivity index (χ4v) is 1.74. The molecule has 14 heavy (non-hydrogen) atoms. The van der Waals surface area contributed by atoms with Gasteiger partial charge >= 0.3 is 0 Å². The van der Waals surface area contributed by atoms with Gasteiger partial charge in [-0.15, -0.1) is 0 Å². The molecule has 76 valence electrons. The molecule has 0 atom stereocenters. The first-order chi connectivity index (χ1) is 6.65. The average Bonchev–Trinajstić information content (AvgIpc) is 2.13. The van der Waals surface area contributed by atoms with Gasteiger partial charge in [-0.2, -0.15) is 0 Å². The van der Waals surface area contributed by atoms with Crippen molar-refractivity contribution in [3.05, 3.63) is 27.2 Å². The van der Waals surface area contributed by atoms with Crippen molar-refractivity contribution in [3.63, 3.8) is 0 Å². The normalized spacial score (nSPS) is 11.1. The maximum Gasteiger partial charge on any atom is 0.138 e. The Morgan fingerprint density at radius 1 is 1.50 bits per heavy atom. The summed E-state index contributed by atoms with van der Waals surface area (Å²) in [5.74, 6) is 0.0936. The first-order valence-corrected chi connectivity index (χ1v) is 5.11. The number of aliphatic hydroxyl groups excluding tert-OH is 1. The molecule has 0 fully saturated rings. The number of hydrogen-bond donors (Lipinski definition) is 2. The van der Waals surface area contributed by atoms with Gasteiger partial charge in [0.1, 0.15) is 5.75 Å². The molecule has 1 rings (SSSR count). The third-order valence-electron chi connectivity index (χ3n) is 1.52. The molecule has 1 aromatic rings. The predicted molar refractivity (Wildman–Crippen MR) is 60.4 cm³/mol. The molecule has 0 amide bonds. The van der Waals surface area contributed by atoms with Crippen LogP contribution in [0.2, 0.25) is 5.02 Å². The van der Waals surface area contributed by atoms with E-state index < -0.39 is 0 Å². The third-order valence-corrected chi connectivity index (χ3v) is 2.34. The molecule has 0 bridgehead atoms. The van der Waals surface area contributed by atoms with E-state index in [1.807, 2.05) is 0 Å². The molecule has 3 nitrogen and oxygen atoms in total. The van der Waals surface area contributed by atoms with E-state index in [9.17, 15) is 5.11 Å². The summed E-state index contributed by atoms with van der Waals surface area (Å²) in [6.45, 7) is 0.294. The maximum absolute atomic E-state index is 9.56. The molecule has 0 heterocycles. The zero-order valence-corrected chi connectivity index (χ0v) is 9.59. The Morgan fingerprint density at radius 2 is 2.21 bits per heavy atom. The largest absolute Gasteiger partial charge is 0.506 e. The number of nitrogens with zero attached hydrogens (tertiary/aromatic N) is 1. The van der Waals surface area contributed by atoms with E-state index >= 15 is 0 Å². The van der Waals surface area contributed by atoms with Crippen molar-refractivity contribution in [1.29, 1.82) is 0 Å². The minimum absolute atomic E-state index is 0.0149. The standard InChI is InChI=1S/C9H9BrClNO2/c10-8-4-7(11)3-6(9(8)14)5-12-1-2-13/h3-5,13-14H,1-2H2. The number of halogens is 2. The molecule has 0 aliphatic heterocycles. The summed E-state index contributed by atoms with van der Waals surface area (Å²) >= 11 is 8.94. The van der Waals surface area contributed by atoms with Crippen LogP contribution in [0.5, 0.6) is 5.75 Å². The highest BCUT2D eigenvalue weighted by molar-refractivity contribution is 9.10. The molecule has 0 radical (unpaired) electrons. The van der Waals surface area contributed by atoms with Gasteiger partial charge in [-0.05, 0) is 28.1 Å². The Morgan fingerprint density at radius 3 is 2.86 bits per heavy atom. The van der Waals surface area contributed by atoms with E-state index in [2.05, 4.69) is 20.9 Å². The molecule has 0 unspecified atom stereocenters. The first kappa shape index (κ1) is 11.5. The van der Waals surface area contributed by atoms with E-state index in [4.69, 9.17) is 16.7 Å². The fourth-order valence-electron chi connectivity index (χ4n) is 0.905. The van der Waals surface area contributed by atoms with Gasteiger partial charge in [0.15, 0.2) is 0 Å². The molecule has 0 saturated carbocycles. The van der Waals surface area contributed by atoms with E-state index in [0.29, 0.717) is 21.6 Å². The van der Waals surface area contributed by atoms with Gasteiger partial charge in [0.05, 0.1) is 17.6 Å². The number of hydrogen-bond acceptors (Lipinski definition) is 3. The Bertz CT molecular complexity index is 355. The fraction of sp³-hybridized carbons (Fsp3) is 0.222. The quantitative estimate of drug-likeness (QED) is 0.833. The van der Waals surface area contributed by atoms with Crippen molar-refractivity contribution in [2.75, 3.05) is 13.2 Å². The van der Waals surface area contributed by atoms with Crippen LogP contribution in [0.1, 0.15) is 5.56 Å². The SMILES string of the molecule is OCCN=Cc1cc(Cl)cc(Br)c1O. The van der Waals surface area contributed by atoms with Crippen LogP contribution in [0.4, 0.5) is 0 Å². The summed E-state index contributed by atoms with van der Waals surface area (Å²) < 4.78 is 0.524. The zero-order valence-electron chi connectivity index (χ0n) is 7.24. The summed E-state index contributed by atoms with van der Waals surface area (Å²) in [6.07, 6.45) is 1.47. The summed E-state index contributed by atoms with van der Waals surface area (Å²) in [7, 11) is 0. The number of aromatic hydroxyl groups is 1. The van der Waals surface area contributed by atoms with Gasteiger partial charge in [-0.1, -0.05) is 11.6 Å². The highest BCUT2D eigenvalue weighted by Gasteiger charge is 2.04. The summed E-state index contributed by atoms with van der Waals surface area (Å²) in [5.41, 5.74) is 0.526. The zero-order chi connectivity index (χ0) is 10.6. The van der Waals surface area contributed by atoms with Gasteiger partial charge < -0.3 is 10.2 Å². The van der Waals surface area contributed by atoms with E-state index in [1.165, 1.54) is 6.21 Å². The average molecular weight is 279 g/mol. The number of benzene rings is 1. The smallest absolute Gasteiger partial charge is 0.138 e. The monoisotopic (exact) mass is 277 g/mol. The van der Waals surface area contributed by atoms with Crippen molar-refractivity contribution in [1.82, 2.24) is 0 Å². The molecule has 2 N–H and O–H groups in total. The van der Waals surface area contributed by atoms with Gasteiger partial charge in [0, 0.05) is 16.8 Å². The van der Waals surface area contributed by atoms with Crippen molar-refractivity contribution >= 4 is 33.7 Å². The highest BCUT2D eigenvalue weighted by Crippen LogP contribution is 2.30. The molecule has 0 saturated heterocycles. The van der Waals surface area contributed by atoms with E-state index in [-0.39, 0.29) is 12.4 Å². The van der Waals surface area contributed by atoms with Crippen LogP contribution >= 0.6 is 27.5 Å². The Hall–Kier alpha value is -0.580. The lowest BCUT2D eigenvalue weighted by Gasteiger charge is -2.02. The lowest BCUT2D eigenvalue weighted by Crippen LogP contribution is -1.90. The molecule has 5 heteroatoms. The van der Waals surface area contributed by atoms with Crippen LogP contribution in [0.15, 0.2) is 21.6 Å². The van der Waals surface area contributed by atoms with E-state index in [1.54, 1.807) is 12.1 Å². The van der Waals surface area contributed by atoms with Gasteiger partial charge in [-0.3, -0.25) is 4.99 Å². The second-order valence-electron chi connectivity index (χ2n) is 2.58. The molecule has 0 aliphatic rings. The molecule has 0 aliphatic carbocycles. The van der Waals surface area contributed by atoms with E-state index in [0.717, 1.165) is 0 Å². The number of rotatable bonds is 3. The topological polar surface area (TPSA) is 52.8 Å². The minimum atomic E-state index is -0.0149. The van der Waals surface area contributed by atoms with Crippen molar-refractivity contribution < 1.29 is 10.2 Å². The van der Waals surface area contributed by atoms with Crippen molar-refractivity contribution in [2.24, 2.45) is 4.99 Å². The summed E-state index contributed by atoms with van der Waals surface area (Å²) in [5, 5.41) is 18.6. The van der Waals surface area contributed by atoms with Gasteiger partial charge in [0.2, 0.25) is 0 Å². The molecule has 1 aromatic carbocycles. The summed E-state index contributed by atoms with van der Waals surface area (Å²) in [6, 6.07) is 3.20. The Kier molecular flexibility index (Phi) is 4.38. The third kappa shape index (κ3) is 2.97. The van der Waals surface area contributed by atoms with Crippen LogP contribution in [-0.4, -0.2) is 29.6 Å². The van der Waals surface area contributed by atoms with Gasteiger partial charge in [-0.25, -0.2) is 0 Å². The van der Waals surface area contributed by atoms with Crippen molar-refractivity contribution in [2.45, 2.75) is 0 Å². The molecular formula is C9H9BrClNO2. The number of phenolic OH excluding ortho intramolecular Hbond substituents is 1. The number of phenols is 1. The Balaban J connectivity index is 2.96. The lowest BCUT2D eigenvalue weighted by molar-refractivity contribution is 0.307. The van der Waals surface area contributed by atoms with Crippen LogP contribution in [0.25, 0.3) is 0 Å². The highest BCUT2D eigenvalue weighted by atomic mass is 79.9. The minimum Gasteiger partial charge on any atom is -0.506 e. The van der Waals surface area contributed by atoms with Crippen LogP contribution in [0.3, 0.4) is 0 Å². The maximum atomic E-state index is 9.56. The molecule has 0 spiro atoms. The van der Waals surface area contributed by atoms with Crippen molar-refractivity contribution in [3.8, 4) is 5.75 Å². The number of aliphatic imine (C=N–C) groups is 1. The second-order valence-corrected chi connectivity index (χ2v) is 3.88.